The van der Waals surface area contributed by atoms with Gasteiger partial charge in [-0.1, -0.05) is 0 Å². The summed E-state index contributed by atoms with van der Waals surface area (Å²) in [6.07, 6.45) is 1.09. The van der Waals surface area contributed by atoms with Gasteiger partial charge in [0, 0.05) is 13.7 Å². The monoisotopic (exact) mass is 272 g/mol. The van der Waals surface area contributed by atoms with Crippen LogP contribution in [0.5, 0.6) is 0 Å². The molecule has 0 spiro atoms. The van der Waals surface area contributed by atoms with Crippen LogP contribution in [0.3, 0.4) is 0 Å². The Balaban J connectivity index is 2.20. The first-order chi connectivity index (χ1) is 9.02. The van der Waals surface area contributed by atoms with E-state index in [2.05, 4.69) is 10.3 Å². The Morgan fingerprint density at radius 1 is 1.42 bits per heavy atom. The van der Waals surface area contributed by atoms with Crippen LogP contribution in [0.4, 0.5) is 0 Å². The Hall–Kier alpha value is -0.950. The van der Waals surface area contributed by atoms with E-state index in [1.165, 1.54) is 0 Å². The Kier molecular flexibility index (Phi) is 7.01. The number of aliphatic hydroxyl groups is 1. The van der Waals surface area contributed by atoms with Gasteiger partial charge in [0.05, 0.1) is 37.7 Å². The third-order valence-corrected chi connectivity index (χ3v) is 2.64. The zero-order chi connectivity index (χ0) is 14.3. The summed E-state index contributed by atoms with van der Waals surface area (Å²) < 4.78 is 15.8. The molecule has 0 radical (unpaired) electrons. The Morgan fingerprint density at radius 2 is 2.16 bits per heavy atom. The van der Waals surface area contributed by atoms with Crippen molar-refractivity contribution in [1.82, 2.24) is 10.3 Å². The van der Waals surface area contributed by atoms with Crippen molar-refractivity contribution >= 4 is 0 Å². The lowest BCUT2D eigenvalue weighted by molar-refractivity contribution is -0.0316. The van der Waals surface area contributed by atoms with Crippen LogP contribution in [0, 0.1) is 6.92 Å². The molecule has 3 unspecified atom stereocenters. The molecule has 0 bridgehead atoms. The Morgan fingerprint density at radius 3 is 2.74 bits per heavy atom. The molecule has 110 valence electrons. The van der Waals surface area contributed by atoms with Crippen LogP contribution in [-0.4, -0.2) is 49.2 Å². The van der Waals surface area contributed by atoms with Crippen molar-refractivity contribution in [3.05, 3.63) is 17.8 Å². The van der Waals surface area contributed by atoms with E-state index in [9.17, 15) is 5.11 Å². The minimum Gasteiger partial charge on any atom is -0.444 e. The molecule has 0 fully saturated rings. The van der Waals surface area contributed by atoms with Crippen molar-refractivity contribution in [3.8, 4) is 0 Å². The normalized spacial score (nSPS) is 16.3. The van der Waals surface area contributed by atoms with E-state index in [-0.39, 0.29) is 18.8 Å². The molecular weight excluding hydrogens is 248 g/mol. The first kappa shape index (κ1) is 16.1. The summed E-state index contributed by atoms with van der Waals surface area (Å²) in [5, 5.41) is 12.9. The highest BCUT2D eigenvalue weighted by molar-refractivity contribution is 4.94. The largest absolute Gasteiger partial charge is 0.444 e. The molecule has 0 amide bonds. The molecule has 6 heteroatoms. The second kappa shape index (κ2) is 8.27. The number of oxazole rings is 1. The lowest BCUT2D eigenvalue weighted by Crippen LogP contribution is -2.33. The summed E-state index contributed by atoms with van der Waals surface area (Å²) in [7, 11) is 1.62. The second-order valence-corrected chi connectivity index (χ2v) is 4.69. The fourth-order valence-electron chi connectivity index (χ4n) is 1.59. The first-order valence-electron chi connectivity index (χ1n) is 6.47. The van der Waals surface area contributed by atoms with Crippen LogP contribution < -0.4 is 5.32 Å². The number of methoxy groups -OCH3 is 1. The molecule has 0 saturated carbocycles. The molecule has 0 aliphatic rings. The zero-order valence-corrected chi connectivity index (χ0v) is 12.0. The van der Waals surface area contributed by atoms with Crippen LogP contribution in [0.1, 0.15) is 31.5 Å². The van der Waals surface area contributed by atoms with Gasteiger partial charge in [-0.25, -0.2) is 4.98 Å². The highest BCUT2D eigenvalue weighted by atomic mass is 16.5. The summed E-state index contributed by atoms with van der Waals surface area (Å²) in [6.45, 7) is 6.90. The molecule has 19 heavy (non-hydrogen) atoms. The van der Waals surface area contributed by atoms with Crippen molar-refractivity contribution in [2.45, 2.75) is 39.0 Å². The number of aromatic nitrogens is 1. The molecule has 1 aromatic heterocycles. The molecule has 0 aromatic carbocycles. The van der Waals surface area contributed by atoms with Gasteiger partial charge >= 0.3 is 0 Å². The molecule has 3 atom stereocenters. The summed E-state index contributed by atoms with van der Waals surface area (Å²) in [5.41, 5.74) is 0. The van der Waals surface area contributed by atoms with E-state index >= 15 is 0 Å². The maximum Gasteiger partial charge on any atom is 0.211 e. The van der Waals surface area contributed by atoms with Gasteiger partial charge < -0.3 is 24.3 Å². The number of ether oxygens (including phenoxy) is 2. The maximum atomic E-state index is 9.79. The number of hydrogen-bond acceptors (Lipinski definition) is 6. The molecular formula is C13H24N2O4. The van der Waals surface area contributed by atoms with Crippen molar-refractivity contribution in [2.24, 2.45) is 0 Å². The molecule has 0 aliphatic heterocycles. The zero-order valence-electron chi connectivity index (χ0n) is 12.0. The van der Waals surface area contributed by atoms with Gasteiger partial charge in [-0.05, 0) is 20.8 Å². The lowest BCUT2D eigenvalue weighted by Gasteiger charge is -2.17. The van der Waals surface area contributed by atoms with Gasteiger partial charge in [0.15, 0.2) is 0 Å². The number of aryl methyl sites for hydroxylation is 1. The lowest BCUT2D eigenvalue weighted by atomic mass is 10.3. The van der Waals surface area contributed by atoms with E-state index in [1.54, 1.807) is 13.3 Å². The molecule has 1 aromatic rings. The van der Waals surface area contributed by atoms with Crippen LogP contribution >= 0.6 is 0 Å². The van der Waals surface area contributed by atoms with Crippen molar-refractivity contribution < 1.29 is 19.0 Å². The molecule has 1 heterocycles. The van der Waals surface area contributed by atoms with E-state index in [0.29, 0.717) is 19.0 Å². The van der Waals surface area contributed by atoms with Crippen LogP contribution in [-0.2, 0) is 9.47 Å². The van der Waals surface area contributed by atoms with E-state index < -0.39 is 6.10 Å². The quantitative estimate of drug-likeness (QED) is 0.699. The fourth-order valence-corrected chi connectivity index (χ4v) is 1.59. The SMILES string of the molecule is COCC(C)OCC(O)CNC(C)c1ncc(C)o1. The standard InChI is InChI=1S/C13H24N2O4/c1-9-5-15-13(19-9)11(3)14-6-12(16)8-18-10(2)7-17-4/h5,10-12,14,16H,6-8H2,1-4H3. The summed E-state index contributed by atoms with van der Waals surface area (Å²) in [5.74, 6) is 1.40. The average molecular weight is 272 g/mol. The Bertz CT molecular complexity index is 356. The smallest absolute Gasteiger partial charge is 0.211 e. The van der Waals surface area contributed by atoms with Crippen LogP contribution in [0.2, 0.25) is 0 Å². The molecule has 1 rings (SSSR count). The first-order valence-corrected chi connectivity index (χ1v) is 6.47. The third-order valence-electron chi connectivity index (χ3n) is 2.64. The highest BCUT2D eigenvalue weighted by Crippen LogP contribution is 2.11. The maximum absolute atomic E-state index is 9.79. The average Bonchev–Trinajstić information content (AvgIpc) is 2.80. The number of nitrogens with one attached hydrogen (secondary N) is 1. The van der Waals surface area contributed by atoms with Crippen molar-refractivity contribution in [3.63, 3.8) is 0 Å². The van der Waals surface area contributed by atoms with Crippen LogP contribution in [0.25, 0.3) is 0 Å². The highest BCUT2D eigenvalue weighted by Gasteiger charge is 2.13. The van der Waals surface area contributed by atoms with E-state index in [0.717, 1.165) is 5.76 Å². The van der Waals surface area contributed by atoms with Gasteiger partial charge in [-0.2, -0.15) is 0 Å². The minimum atomic E-state index is -0.571. The van der Waals surface area contributed by atoms with E-state index in [1.807, 2.05) is 20.8 Å². The predicted molar refractivity (Wildman–Crippen MR) is 71.0 cm³/mol. The second-order valence-electron chi connectivity index (χ2n) is 4.69. The van der Waals surface area contributed by atoms with Gasteiger partial charge in [-0.3, -0.25) is 0 Å². The molecule has 0 saturated heterocycles. The summed E-state index contributed by atoms with van der Waals surface area (Å²) in [6, 6.07) is -0.0419. The fraction of sp³-hybridized carbons (Fsp3) is 0.769. The van der Waals surface area contributed by atoms with Gasteiger partial charge in [-0.15, -0.1) is 0 Å². The van der Waals surface area contributed by atoms with E-state index in [4.69, 9.17) is 13.9 Å². The Labute approximate surface area is 114 Å². The molecule has 2 N–H and O–H groups in total. The summed E-state index contributed by atoms with van der Waals surface area (Å²) >= 11 is 0. The van der Waals surface area contributed by atoms with Gasteiger partial charge in [0.25, 0.3) is 0 Å². The number of rotatable bonds is 9. The number of aliphatic hydroxyl groups excluding tert-OH is 1. The minimum absolute atomic E-state index is 0.0218. The van der Waals surface area contributed by atoms with Crippen molar-refractivity contribution in [1.29, 1.82) is 0 Å². The van der Waals surface area contributed by atoms with Crippen molar-refractivity contribution in [2.75, 3.05) is 26.9 Å². The summed E-state index contributed by atoms with van der Waals surface area (Å²) in [4.78, 5) is 4.13. The molecule has 0 aliphatic carbocycles. The number of hydrogen-bond donors (Lipinski definition) is 2. The van der Waals surface area contributed by atoms with Crippen LogP contribution in [0.15, 0.2) is 10.6 Å². The number of nitrogens with zero attached hydrogens (tertiary/aromatic N) is 1. The van der Waals surface area contributed by atoms with Gasteiger partial charge in [0.1, 0.15) is 5.76 Å². The third kappa shape index (κ3) is 6.15. The molecule has 6 nitrogen and oxygen atoms in total. The predicted octanol–water partition coefficient (Wildman–Crippen LogP) is 1.05. The van der Waals surface area contributed by atoms with Gasteiger partial charge in [0.2, 0.25) is 5.89 Å². The topological polar surface area (TPSA) is 76.8 Å².